The molecule has 1 aromatic heterocycles. The standard InChI is InChI=1S/C18H14FNO2S/c1-22-12-8-9-13(15(19)11-12)18(21)20-16-6-3-2-5-14(16)17-7-4-10-23-17/h2-11H,1H3,(H,20,21). The molecule has 1 heterocycles. The predicted octanol–water partition coefficient (Wildman–Crippen LogP) is 4.82. The van der Waals surface area contributed by atoms with Crippen LogP contribution in [0.3, 0.4) is 0 Å². The lowest BCUT2D eigenvalue weighted by molar-refractivity contribution is 0.102. The summed E-state index contributed by atoms with van der Waals surface area (Å²) in [6.45, 7) is 0. The molecule has 0 radical (unpaired) electrons. The van der Waals surface area contributed by atoms with Gasteiger partial charge < -0.3 is 10.1 Å². The molecular formula is C18H14FNO2S. The zero-order valence-electron chi connectivity index (χ0n) is 12.4. The first-order valence-corrected chi connectivity index (χ1v) is 7.85. The lowest BCUT2D eigenvalue weighted by atomic mass is 10.1. The summed E-state index contributed by atoms with van der Waals surface area (Å²) in [4.78, 5) is 13.4. The van der Waals surface area contributed by atoms with Crippen molar-refractivity contribution in [2.24, 2.45) is 0 Å². The second kappa shape index (κ2) is 6.62. The third kappa shape index (κ3) is 3.24. The fourth-order valence-electron chi connectivity index (χ4n) is 2.24. The van der Waals surface area contributed by atoms with Gasteiger partial charge in [-0.15, -0.1) is 11.3 Å². The van der Waals surface area contributed by atoms with Crippen molar-refractivity contribution in [1.29, 1.82) is 0 Å². The smallest absolute Gasteiger partial charge is 0.258 e. The zero-order chi connectivity index (χ0) is 16.2. The Balaban J connectivity index is 1.90. The monoisotopic (exact) mass is 327 g/mol. The molecule has 0 saturated carbocycles. The highest BCUT2D eigenvalue weighted by molar-refractivity contribution is 7.13. The van der Waals surface area contributed by atoms with Crippen molar-refractivity contribution in [2.75, 3.05) is 12.4 Å². The minimum absolute atomic E-state index is 0.0215. The molecule has 23 heavy (non-hydrogen) atoms. The van der Waals surface area contributed by atoms with E-state index in [-0.39, 0.29) is 5.56 Å². The molecule has 116 valence electrons. The highest BCUT2D eigenvalue weighted by Gasteiger charge is 2.15. The van der Waals surface area contributed by atoms with Crippen LogP contribution < -0.4 is 10.1 Å². The summed E-state index contributed by atoms with van der Waals surface area (Å²) in [5, 5.41) is 4.75. The largest absolute Gasteiger partial charge is 0.497 e. The Morgan fingerprint density at radius 3 is 2.65 bits per heavy atom. The van der Waals surface area contributed by atoms with Gasteiger partial charge in [0.25, 0.3) is 5.91 Å². The number of nitrogens with one attached hydrogen (secondary N) is 1. The highest BCUT2D eigenvalue weighted by Crippen LogP contribution is 2.31. The van der Waals surface area contributed by atoms with Crippen molar-refractivity contribution in [3.8, 4) is 16.2 Å². The van der Waals surface area contributed by atoms with Crippen LogP contribution >= 0.6 is 11.3 Å². The van der Waals surface area contributed by atoms with Gasteiger partial charge in [-0.1, -0.05) is 24.3 Å². The summed E-state index contributed by atoms with van der Waals surface area (Å²) >= 11 is 1.58. The van der Waals surface area contributed by atoms with Crippen LogP contribution in [-0.4, -0.2) is 13.0 Å². The molecule has 2 aromatic carbocycles. The van der Waals surface area contributed by atoms with Gasteiger partial charge in [0.15, 0.2) is 0 Å². The van der Waals surface area contributed by atoms with Crippen LogP contribution in [0.15, 0.2) is 60.0 Å². The van der Waals surface area contributed by atoms with Crippen LogP contribution in [0, 0.1) is 5.82 Å². The molecule has 0 spiro atoms. The molecule has 0 aliphatic rings. The van der Waals surface area contributed by atoms with Gasteiger partial charge >= 0.3 is 0 Å². The van der Waals surface area contributed by atoms with Crippen LogP contribution in [0.1, 0.15) is 10.4 Å². The number of carbonyl (C=O) groups excluding carboxylic acids is 1. The Kier molecular flexibility index (Phi) is 4.39. The second-order valence-corrected chi connectivity index (χ2v) is 5.77. The maximum Gasteiger partial charge on any atom is 0.258 e. The minimum atomic E-state index is -0.615. The van der Waals surface area contributed by atoms with E-state index in [9.17, 15) is 9.18 Å². The number of ether oxygens (including phenoxy) is 1. The molecule has 0 bridgehead atoms. The molecule has 0 aliphatic heterocycles. The molecular weight excluding hydrogens is 313 g/mol. The van der Waals surface area contributed by atoms with Crippen LogP contribution in [-0.2, 0) is 0 Å². The topological polar surface area (TPSA) is 38.3 Å². The predicted molar refractivity (Wildman–Crippen MR) is 90.7 cm³/mol. The fourth-order valence-corrected chi connectivity index (χ4v) is 3.00. The number of hydrogen-bond acceptors (Lipinski definition) is 3. The van der Waals surface area contributed by atoms with Crippen LogP contribution in [0.25, 0.3) is 10.4 Å². The van der Waals surface area contributed by atoms with Crippen LogP contribution in [0.5, 0.6) is 5.75 Å². The summed E-state index contributed by atoms with van der Waals surface area (Å²) in [6.07, 6.45) is 0. The maximum absolute atomic E-state index is 14.0. The van der Waals surface area contributed by atoms with Gasteiger partial charge in [0.05, 0.1) is 12.7 Å². The molecule has 3 rings (SSSR count). The van der Waals surface area contributed by atoms with Gasteiger partial charge in [-0.05, 0) is 29.6 Å². The van der Waals surface area contributed by atoms with E-state index < -0.39 is 11.7 Å². The van der Waals surface area contributed by atoms with Gasteiger partial charge in [-0.25, -0.2) is 4.39 Å². The first-order chi connectivity index (χ1) is 11.2. The summed E-state index contributed by atoms with van der Waals surface area (Å²) in [6, 6.07) is 15.5. The van der Waals surface area contributed by atoms with Gasteiger partial charge in [0.2, 0.25) is 0 Å². The van der Waals surface area contributed by atoms with Crippen molar-refractivity contribution >= 4 is 22.9 Å². The normalized spacial score (nSPS) is 10.3. The average Bonchev–Trinajstić information content (AvgIpc) is 3.09. The number of anilines is 1. The number of methoxy groups -OCH3 is 1. The number of hydrogen-bond donors (Lipinski definition) is 1. The Morgan fingerprint density at radius 2 is 1.96 bits per heavy atom. The average molecular weight is 327 g/mol. The molecule has 0 saturated heterocycles. The first-order valence-electron chi connectivity index (χ1n) is 6.97. The third-order valence-electron chi connectivity index (χ3n) is 3.38. The van der Waals surface area contributed by atoms with Gasteiger partial charge in [0.1, 0.15) is 11.6 Å². The molecule has 1 N–H and O–H groups in total. The van der Waals surface area contributed by atoms with E-state index in [0.717, 1.165) is 10.4 Å². The molecule has 0 fully saturated rings. The van der Waals surface area contributed by atoms with E-state index in [0.29, 0.717) is 11.4 Å². The van der Waals surface area contributed by atoms with E-state index in [1.54, 1.807) is 23.5 Å². The summed E-state index contributed by atoms with van der Waals surface area (Å²) in [5.74, 6) is -0.734. The molecule has 3 nitrogen and oxygen atoms in total. The number of amides is 1. The Labute approximate surface area is 137 Å². The van der Waals surface area contributed by atoms with Crippen molar-refractivity contribution in [3.05, 3.63) is 71.4 Å². The number of benzene rings is 2. The SMILES string of the molecule is COc1ccc(C(=O)Nc2ccccc2-c2cccs2)c(F)c1. The number of para-hydroxylation sites is 1. The molecule has 0 unspecified atom stereocenters. The van der Waals surface area contributed by atoms with Crippen LogP contribution in [0.2, 0.25) is 0 Å². The van der Waals surface area contributed by atoms with E-state index in [2.05, 4.69) is 5.32 Å². The Bertz CT molecular complexity index is 831. The van der Waals surface area contributed by atoms with Crippen molar-refractivity contribution in [3.63, 3.8) is 0 Å². The quantitative estimate of drug-likeness (QED) is 0.746. The molecule has 3 aromatic rings. The van der Waals surface area contributed by atoms with E-state index in [1.807, 2.05) is 35.7 Å². The third-order valence-corrected chi connectivity index (χ3v) is 4.29. The summed E-state index contributed by atoms with van der Waals surface area (Å²) in [5.41, 5.74) is 1.53. The van der Waals surface area contributed by atoms with E-state index in [1.165, 1.54) is 19.2 Å². The second-order valence-electron chi connectivity index (χ2n) is 4.82. The lowest BCUT2D eigenvalue weighted by Gasteiger charge is -2.11. The van der Waals surface area contributed by atoms with Crippen LogP contribution in [0.4, 0.5) is 10.1 Å². The summed E-state index contributed by atoms with van der Waals surface area (Å²) < 4.78 is 19.0. The number of carbonyl (C=O) groups is 1. The zero-order valence-corrected chi connectivity index (χ0v) is 13.2. The molecule has 1 amide bonds. The molecule has 5 heteroatoms. The van der Waals surface area contributed by atoms with Crippen molar-refractivity contribution in [2.45, 2.75) is 0 Å². The Morgan fingerprint density at radius 1 is 1.13 bits per heavy atom. The summed E-state index contributed by atoms with van der Waals surface area (Å²) in [7, 11) is 1.45. The van der Waals surface area contributed by atoms with Gasteiger partial charge in [0, 0.05) is 22.2 Å². The molecule has 0 aliphatic carbocycles. The highest BCUT2D eigenvalue weighted by atomic mass is 32.1. The van der Waals surface area contributed by atoms with E-state index in [4.69, 9.17) is 4.74 Å². The Hall–Kier alpha value is -2.66. The van der Waals surface area contributed by atoms with Crippen molar-refractivity contribution in [1.82, 2.24) is 0 Å². The van der Waals surface area contributed by atoms with E-state index >= 15 is 0 Å². The van der Waals surface area contributed by atoms with Crippen molar-refractivity contribution < 1.29 is 13.9 Å². The number of rotatable bonds is 4. The first kappa shape index (κ1) is 15.2. The van der Waals surface area contributed by atoms with Gasteiger partial charge in [-0.2, -0.15) is 0 Å². The lowest BCUT2D eigenvalue weighted by Crippen LogP contribution is -2.14. The maximum atomic E-state index is 14.0. The number of halogens is 1. The molecule has 0 atom stereocenters. The fraction of sp³-hybridized carbons (Fsp3) is 0.0556. The van der Waals surface area contributed by atoms with Gasteiger partial charge in [-0.3, -0.25) is 4.79 Å². The number of thiophene rings is 1. The minimum Gasteiger partial charge on any atom is -0.497 e.